The van der Waals surface area contributed by atoms with Gasteiger partial charge in [0.2, 0.25) is 5.95 Å². The number of hydrogen-bond acceptors (Lipinski definition) is 7. The standard InChI is InChI=1S/C30H36N6OS/c1-3-38-27-19-23(32-21-8-4-5-9-21)18-26-28(25-16-17-31-30(34-25)33-22-10-6-7-11-22)29(35-36(26)27)20-12-14-24(37-2)15-13-20/h12-19,21-22,32H,3-11H2,1-2H3,(H,31,33,34). The quantitative estimate of drug-likeness (QED) is 0.221. The minimum atomic E-state index is 0.449. The van der Waals surface area contributed by atoms with Crippen molar-refractivity contribution in [3.05, 3.63) is 48.7 Å². The molecule has 0 unspecified atom stereocenters. The van der Waals surface area contributed by atoms with Crippen LogP contribution in [-0.4, -0.2) is 44.5 Å². The number of thioether (sulfide) groups is 1. The van der Waals surface area contributed by atoms with Crippen LogP contribution in [0.5, 0.6) is 5.75 Å². The third-order valence-electron chi connectivity index (χ3n) is 7.68. The van der Waals surface area contributed by atoms with Crippen molar-refractivity contribution >= 4 is 28.9 Å². The number of aromatic nitrogens is 4. The van der Waals surface area contributed by atoms with E-state index in [0.717, 1.165) is 50.2 Å². The third kappa shape index (κ3) is 5.19. The average Bonchev–Trinajstić information content (AvgIpc) is 3.71. The number of nitrogens with zero attached hydrogens (tertiary/aromatic N) is 4. The van der Waals surface area contributed by atoms with Crippen LogP contribution >= 0.6 is 11.8 Å². The zero-order valence-corrected chi connectivity index (χ0v) is 23.1. The van der Waals surface area contributed by atoms with Crippen LogP contribution in [0.15, 0.2) is 53.7 Å². The molecule has 3 heterocycles. The van der Waals surface area contributed by atoms with E-state index in [1.165, 1.54) is 51.4 Å². The maximum absolute atomic E-state index is 5.42. The molecule has 0 amide bonds. The van der Waals surface area contributed by atoms with Crippen LogP contribution in [0.4, 0.5) is 11.6 Å². The minimum absolute atomic E-state index is 0.449. The van der Waals surface area contributed by atoms with E-state index in [1.54, 1.807) is 7.11 Å². The van der Waals surface area contributed by atoms with E-state index in [1.807, 2.05) is 36.2 Å². The smallest absolute Gasteiger partial charge is 0.223 e. The van der Waals surface area contributed by atoms with Gasteiger partial charge in [-0.05, 0) is 73.9 Å². The summed E-state index contributed by atoms with van der Waals surface area (Å²) in [7, 11) is 1.69. The van der Waals surface area contributed by atoms with Gasteiger partial charge in [-0.3, -0.25) is 0 Å². The first-order valence-corrected chi connectivity index (χ1v) is 14.9. The highest BCUT2D eigenvalue weighted by molar-refractivity contribution is 7.99. The molecule has 6 rings (SSSR count). The molecule has 2 saturated carbocycles. The molecule has 0 atom stereocenters. The molecule has 38 heavy (non-hydrogen) atoms. The number of benzene rings is 1. The summed E-state index contributed by atoms with van der Waals surface area (Å²) in [6.07, 6.45) is 11.8. The summed E-state index contributed by atoms with van der Waals surface area (Å²) >= 11 is 1.82. The van der Waals surface area contributed by atoms with E-state index in [2.05, 4.69) is 51.3 Å². The molecule has 2 N–H and O–H groups in total. The fourth-order valence-corrected chi connectivity index (χ4v) is 6.55. The Morgan fingerprint density at radius 2 is 1.66 bits per heavy atom. The van der Waals surface area contributed by atoms with Crippen LogP contribution in [0.25, 0.3) is 28.0 Å². The van der Waals surface area contributed by atoms with Crippen molar-refractivity contribution in [1.82, 2.24) is 19.6 Å². The van der Waals surface area contributed by atoms with Crippen LogP contribution in [0.3, 0.4) is 0 Å². The Hall–Kier alpha value is -3.26. The van der Waals surface area contributed by atoms with Crippen molar-refractivity contribution < 1.29 is 4.74 Å². The first kappa shape index (κ1) is 25.0. The van der Waals surface area contributed by atoms with Gasteiger partial charge >= 0.3 is 0 Å². The van der Waals surface area contributed by atoms with E-state index in [-0.39, 0.29) is 0 Å². The van der Waals surface area contributed by atoms with Crippen molar-refractivity contribution in [3.63, 3.8) is 0 Å². The van der Waals surface area contributed by atoms with Gasteiger partial charge in [-0.15, -0.1) is 11.8 Å². The highest BCUT2D eigenvalue weighted by Crippen LogP contribution is 2.39. The summed E-state index contributed by atoms with van der Waals surface area (Å²) in [5.74, 6) is 2.49. The maximum atomic E-state index is 5.42. The Kier molecular flexibility index (Phi) is 7.40. The van der Waals surface area contributed by atoms with Gasteiger partial charge in [-0.1, -0.05) is 32.6 Å². The average molecular weight is 529 g/mol. The van der Waals surface area contributed by atoms with Gasteiger partial charge < -0.3 is 15.4 Å². The number of hydrogen-bond donors (Lipinski definition) is 2. The van der Waals surface area contributed by atoms with Gasteiger partial charge in [0.25, 0.3) is 0 Å². The van der Waals surface area contributed by atoms with E-state index in [9.17, 15) is 0 Å². The Labute approximate surface area is 228 Å². The molecular weight excluding hydrogens is 492 g/mol. The highest BCUT2D eigenvalue weighted by atomic mass is 32.2. The lowest BCUT2D eigenvalue weighted by Gasteiger charge is -2.16. The van der Waals surface area contributed by atoms with Gasteiger partial charge in [-0.2, -0.15) is 5.10 Å². The number of nitrogens with one attached hydrogen (secondary N) is 2. The predicted molar refractivity (Wildman–Crippen MR) is 156 cm³/mol. The molecule has 0 bridgehead atoms. The number of ether oxygens (including phenoxy) is 1. The number of rotatable bonds is 9. The van der Waals surface area contributed by atoms with Crippen molar-refractivity contribution in [3.8, 4) is 28.3 Å². The molecule has 0 aliphatic heterocycles. The molecular formula is C30H36N6OS. The zero-order valence-electron chi connectivity index (χ0n) is 22.2. The van der Waals surface area contributed by atoms with E-state index in [0.29, 0.717) is 18.0 Å². The second-order valence-electron chi connectivity index (χ2n) is 10.3. The molecule has 2 fully saturated rings. The summed E-state index contributed by atoms with van der Waals surface area (Å²) in [6, 6.07) is 15.6. The molecule has 8 heteroatoms. The first-order valence-electron chi connectivity index (χ1n) is 13.9. The van der Waals surface area contributed by atoms with Crippen LogP contribution in [0.2, 0.25) is 0 Å². The molecule has 2 aliphatic carbocycles. The summed E-state index contributed by atoms with van der Waals surface area (Å²) in [4.78, 5) is 9.60. The molecule has 198 valence electrons. The lowest BCUT2D eigenvalue weighted by Crippen LogP contribution is -2.16. The Bertz CT molecular complexity index is 1390. The molecule has 1 aromatic carbocycles. The van der Waals surface area contributed by atoms with Gasteiger partial charge in [0.15, 0.2) is 0 Å². The van der Waals surface area contributed by atoms with Crippen molar-refractivity contribution in [1.29, 1.82) is 0 Å². The van der Waals surface area contributed by atoms with Gasteiger partial charge in [0.05, 0.1) is 23.9 Å². The number of anilines is 2. The molecule has 0 radical (unpaired) electrons. The Morgan fingerprint density at radius 1 is 0.947 bits per heavy atom. The molecule has 0 spiro atoms. The van der Waals surface area contributed by atoms with Crippen molar-refractivity contribution in [2.24, 2.45) is 0 Å². The largest absolute Gasteiger partial charge is 0.497 e. The molecule has 2 aliphatic rings. The van der Waals surface area contributed by atoms with Gasteiger partial charge in [0.1, 0.15) is 16.5 Å². The second-order valence-corrected chi connectivity index (χ2v) is 11.6. The Morgan fingerprint density at radius 3 is 2.34 bits per heavy atom. The van der Waals surface area contributed by atoms with Gasteiger partial charge in [0, 0.05) is 29.5 Å². The summed E-state index contributed by atoms with van der Waals surface area (Å²) < 4.78 is 7.51. The van der Waals surface area contributed by atoms with Crippen LogP contribution < -0.4 is 15.4 Å². The lowest BCUT2D eigenvalue weighted by molar-refractivity contribution is 0.415. The topological polar surface area (TPSA) is 76.4 Å². The zero-order chi connectivity index (χ0) is 25.9. The van der Waals surface area contributed by atoms with Crippen molar-refractivity contribution in [2.45, 2.75) is 75.4 Å². The highest BCUT2D eigenvalue weighted by Gasteiger charge is 2.23. The van der Waals surface area contributed by atoms with E-state index >= 15 is 0 Å². The second kappa shape index (κ2) is 11.2. The molecule has 3 aromatic heterocycles. The predicted octanol–water partition coefficient (Wildman–Crippen LogP) is 7.29. The SMILES string of the molecule is CCSc1cc(NC2CCCC2)cc2c(-c3ccnc(NC4CCCC4)n3)c(-c3ccc(OC)cc3)nn12. The summed E-state index contributed by atoms with van der Waals surface area (Å²) in [5, 5.41) is 13.7. The number of pyridine rings is 1. The summed E-state index contributed by atoms with van der Waals surface area (Å²) in [5.41, 5.74) is 6.06. The normalized spacial score (nSPS) is 16.4. The monoisotopic (exact) mass is 528 g/mol. The molecule has 7 nitrogen and oxygen atoms in total. The van der Waals surface area contributed by atoms with Crippen LogP contribution in [0.1, 0.15) is 58.3 Å². The maximum Gasteiger partial charge on any atom is 0.223 e. The first-order chi connectivity index (χ1) is 18.7. The van der Waals surface area contributed by atoms with E-state index < -0.39 is 0 Å². The minimum Gasteiger partial charge on any atom is -0.497 e. The fourth-order valence-electron chi connectivity index (χ4n) is 5.78. The number of methoxy groups -OCH3 is 1. The number of fused-ring (bicyclic) bond motifs is 1. The van der Waals surface area contributed by atoms with E-state index in [4.69, 9.17) is 14.8 Å². The summed E-state index contributed by atoms with van der Waals surface area (Å²) in [6.45, 7) is 2.19. The fraction of sp³-hybridized carbons (Fsp3) is 0.433. The van der Waals surface area contributed by atoms with Crippen molar-refractivity contribution in [2.75, 3.05) is 23.5 Å². The molecule has 0 saturated heterocycles. The van der Waals surface area contributed by atoms with Crippen LogP contribution in [-0.2, 0) is 0 Å². The third-order valence-corrected chi connectivity index (χ3v) is 8.56. The molecule has 4 aromatic rings. The Balaban J connectivity index is 1.51. The lowest BCUT2D eigenvalue weighted by atomic mass is 10.0. The van der Waals surface area contributed by atoms with Crippen LogP contribution in [0, 0.1) is 0 Å². The van der Waals surface area contributed by atoms with Gasteiger partial charge in [-0.25, -0.2) is 14.5 Å².